The van der Waals surface area contributed by atoms with Gasteiger partial charge >= 0.3 is 5.97 Å². The van der Waals surface area contributed by atoms with Crippen LogP contribution in [0.5, 0.6) is 0 Å². The zero-order chi connectivity index (χ0) is 10.4. The van der Waals surface area contributed by atoms with Gasteiger partial charge in [-0.1, -0.05) is 23.5 Å². The summed E-state index contributed by atoms with van der Waals surface area (Å²) in [5, 5.41) is 8.81. The van der Waals surface area contributed by atoms with Crippen molar-refractivity contribution in [3.05, 3.63) is 36.2 Å². The molecule has 3 rings (SSSR count). The lowest BCUT2D eigenvalue weighted by atomic mass is 10.3. The van der Waals surface area contributed by atoms with Crippen molar-refractivity contribution in [3.63, 3.8) is 0 Å². The summed E-state index contributed by atoms with van der Waals surface area (Å²) in [6, 6.07) is 7.83. The summed E-state index contributed by atoms with van der Waals surface area (Å²) >= 11 is 1.49. The van der Waals surface area contributed by atoms with Crippen LogP contribution in [0.15, 0.2) is 30.5 Å². The Bertz CT molecular complexity index is 671. The van der Waals surface area contributed by atoms with E-state index in [-0.39, 0.29) is 11.2 Å². The molecule has 6 heteroatoms. The first kappa shape index (κ1) is 10.6. The van der Waals surface area contributed by atoms with Crippen molar-refractivity contribution in [3.8, 4) is 0 Å². The monoisotopic (exact) mass is 236 g/mol. The largest absolute Gasteiger partial charge is 0.476 e. The summed E-state index contributed by atoms with van der Waals surface area (Å²) in [6.45, 7) is 0. The number of carboxylic acid groups (broad SMARTS) is 1. The van der Waals surface area contributed by atoms with Gasteiger partial charge in [0.25, 0.3) is 0 Å². The Balaban J connectivity index is 0.000000963. The fourth-order valence-corrected chi connectivity index (χ4v) is 2.56. The quantitative estimate of drug-likeness (QED) is 0.693. The molecular formula is C10H8N2O3S. The molecule has 0 saturated carbocycles. The van der Waals surface area contributed by atoms with Gasteiger partial charge in [-0.05, 0) is 12.1 Å². The summed E-state index contributed by atoms with van der Waals surface area (Å²) in [4.78, 5) is 15.5. The van der Waals surface area contributed by atoms with E-state index in [0.29, 0.717) is 4.96 Å². The zero-order valence-electron chi connectivity index (χ0n) is 8.04. The standard InChI is InChI=1S/C10H6N2O2S.H2O/c13-9(14)6-5-12-7-3-1-2-4-8(7)15-10(12)11-6;/h1-5H,(H,13,14);1H2. The molecule has 2 heterocycles. The van der Waals surface area contributed by atoms with Crippen LogP contribution in [0.2, 0.25) is 0 Å². The highest BCUT2D eigenvalue weighted by atomic mass is 32.1. The summed E-state index contributed by atoms with van der Waals surface area (Å²) in [5.41, 5.74) is 1.09. The number of imidazole rings is 1. The molecule has 5 nitrogen and oxygen atoms in total. The molecule has 0 aliphatic carbocycles. The lowest BCUT2D eigenvalue weighted by Crippen LogP contribution is -1.95. The summed E-state index contributed by atoms with van der Waals surface area (Å²) in [6.07, 6.45) is 1.55. The number of aromatic nitrogens is 2. The van der Waals surface area contributed by atoms with Gasteiger partial charge in [0.1, 0.15) is 0 Å². The minimum absolute atomic E-state index is 0. The van der Waals surface area contributed by atoms with Gasteiger partial charge in [0, 0.05) is 6.20 Å². The third kappa shape index (κ3) is 1.36. The number of benzene rings is 1. The second-order valence-corrected chi connectivity index (χ2v) is 4.16. The van der Waals surface area contributed by atoms with Gasteiger partial charge in [-0.15, -0.1) is 0 Å². The Hall–Kier alpha value is -1.92. The molecule has 3 N–H and O–H groups in total. The molecule has 0 saturated heterocycles. The summed E-state index contributed by atoms with van der Waals surface area (Å²) in [7, 11) is 0. The predicted molar refractivity (Wildman–Crippen MR) is 61.1 cm³/mol. The average Bonchev–Trinajstić information content (AvgIpc) is 2.73. The van der Waals surface area contributed by atoms with Gasteiger partial charge in [-0.2, -0.15) is 0 Å². The maximum absolute atomic E-state index is 10.7. The topological polar surface area (TPSA) is 86.1 Å². The Morgan fingerprint density at radius 2 is 2.12 bits per heavy atom. The number of nitrogens with zero attached hydrogens (tertiary/aromatic N) is 2. The van der Waals surface area contributed by atoms with Crippen molar-refractivity contribution in [2.45, 2.75) is 0 Å². The maximum Gasteiger partial charge on any atom is 0.356 e. The highest BCUT2D eigenvalue weighted by Crippen LogP contribution is 2.25. The van der Waals surface area contributed by atoms with Gasteiger partial charge in [0.15, 0.2) is 10.7 Å². The van der Waals surface area contributed by atoms with E-state index < -0.39 is 5.97 Å². The lowest BCUT2D eigenvalue weighted by molar-refractivity contribution is 0.0691. The number of aromatic carboxylic acids is 1. The minimum atomic E-state index is -0.991. The van der Waals surface area contributed by atoms with E-state index >= 15 is 0 Å². The maximum atomic E-state index is 10.7. The fraction of sp³-hybridized carbons (Fsp3) is 0. The smallest absolute Gasteiger partial charge is 0.356 e. The van der Waals surface area contributed by atoms with Crippen LogP contribution in [0.1, 0.15) is 10.5 Å². The van der Waals surface area contributed by atoms with Crippen LogP contribution < -0.4 is 0 Å². The molecule has 0 aliphatic heterocycles. The van der Waals surface area contributed by atoms with Crippen LogP contribution in [-0.2, 0) is 0 Å². The molecule has 0 spiro atoms. The van der Waals surface area contributed by atoms with Gasteiger partial charge in [-0.25, -0.2) is 9.78 Å². The van der Waals surface area contributed by atoms with Crippen molar-refractivity contribution in [2.24, 2.45) is 0 Å². The first-order chi connectivity index (χ1) is 7.25. The van der Waals surface area contributed by atoms with Crippen LogP contribution in [0, 0.1) is 0 Å². The number of rotatable bonds is 1. The summed E-state index contributed by atoms with van der Waals surface area (Å²) < 4.78 is 2.92. The number of carboxylic acids is 1. The molecule has 3 aromatic rings. The Kier molecular flexibility index (Phi) is 2.37. The number of thiazole rings is 1. The Morgan fingerprint density at radius 3 is 2.88 bits per heavy atom. The molecule has 0 unspecified atom stereocenters. The zero-order valence-corrected chi connectivity index (χ0v) is 8.86. The average molecular weight is 236 g/mol. The Morgan fingerprint density at radius 1 is 1.38 bits per heavy atom. The third-order valence-corrected chi connectivity index (χ3v) is 3.25. The number of para-hydroxylation sites is 1. The van der Waals surface area contributed by atoms with E-state index in [2.05, 4.69) is 4.98 Å². The van der Waals surface area contributed by atoms with Crippen LogP contribution in [0.25, 0.3) is 15.2 Å². The molecular weight excluding hydrogens is 228 g/mol. The molecule has 2 aromatic heterocycles. The lowest BCUT2D eigenvalue weighted by Gasteiger charge is -1.88. The van der Waals surface area contributed by atoms with Crippen molar-refractivity contribution in [2.75, 3.05) is 0 Å². The minimum Gasteiger partial charge on any atom is -0.476 e. The SMILES string of the molecule is O.O=C(O)c1cn2c(n1)sc1ccccc12. The van der Waals surface area contributed by atoms with E-state index in [1.807, 2.05) is 28.7 Å². The van der Waals surface area contributed by atoms with Crippen molar-refractivity contribution >= 4 is 32.5 Å². The predicted octanol–water partition coefficient (Wildman–Crippen LogP) is 1.42. The molecule has 0 bridgehead atoms. The van der Waals surface area contributed by atoms with Crippen molar-refractivity contribution in [1.82, 2.24) is 9.38 Å². The molecule has 82 valence electrons. The van der Waals surface area contributed by atoms with Gasteiger partial charge in [0.2, 0.25) is 0 Å². The Labute approximate surface area is 93.9 Å². The fourth-order valence-electron chi connectivity index (χ4n) is 1.55. The van der Waals surface area contributed by atoms with Crippen LogP contribution in [0.4, 0.5) is 0 Å². The molecule has 0 fully saturated rings. The highest BCUT2D eigenvalue weighted by Gasteiger charge is 2.12. The number of hydrogen-bond donors (Lipinski definition) is 1. The molecule has 0 amide bonds. The van der Waals surface area contributed by atoms with Crippen molar-refractivity contribution in [1.29, 1.82) is 0 Å². The van der Waals surface area contributed by atoms with E-state index in [0.717, 1.165) is 10.2 Å². The molecule has 16 heavy (non-hydrogen) atoms. The van der Waals surface area contributed by atoms with E-state index in [1.165, 1.54) is 11.3 Å². The van der Waals surface area contributed by atoms with Crippen LogP contribution >= 0.6 is 11.3 Å². The molecule has 0 radical (unpaired) electrons. The second-order valence-electron chi connectivity index (χ2n) is 3.15. The van der Waals surface area contributed by atoms with Crippen LogP contribution in [-0.4, -0.2) is 25.9 Å². The normalized spacial score (nSPS) is 10.5. The number of hydrogen-bond acceptors (Lipinski definition) is 3. The van der Waals surface area contributed by atoms with Gasteiger partial charge in [-0.3, -0.25) is 4.40 Å². The first-order valence-corrected chi connectivity index (χ1v) is 5.17. The first-order valence-electron chi connectivity index (χ1n) is 4.35. The van der Waals surface area contributed by atoms with Crippen molar-refractivity contribution < 1.29 is 15.4 Å². The second kappa shape index (κ2) is 3.58. The number of carbonyl (C=O) groups is 1. The third-order valence-electron chi connectivity index (χ3n) is 2.22. The molecule has 0 aliphatic rings. The van der Waals surface area contributed by atoms with Crippen LogP contribution in [0.3, 0.4) is 0 Å². The van der Waals surface area contributed by atoms with E-state index in [1.54, 1.807) is 6.20 Å². The van der Waals surface area contributed by atoms with E-state index in [4.69, 9.17) is 5.11 Å². The summed E-state index contributed by atoms with van der Waals surface area (Å²) in [5.74, 6) is -0.991. The van der Waals surface area contributed by atoms with Gasteiger partial charge < -0.3 is 10.6 Å². The molecule has 1 aromatic carbocycles. The number of fused-ring (bicyclic) bond motifs is 3. The van der Waals surface area contributed by atoms with E-state index in [9.17, 15) is 4.79 Å². The highest BCUT2D eigenvalue weighted by molar-refractivity contribution is 7.23. The molecule has 0 atom stereocenters. The van der Waals surface area contributed by atoms with Gasteiger partial charge in [0.05, 0.1) is 10.2 Å².